The van der Waals surface area contributed by atoms with Crippen molar-refractivity contribution in [2.45, 2.75) is 0 Å². The van der Waals surface area contributed by atoms with Crippen LogP contribution < -0.4 is 10.6 Å². The van der Waals surface area contributed by atoms with Gasteiger partial charge in [0.25, 0.3) is 5.91 Å². The molecule has 148 valence electrons. The summed E-state index contributed by atoms with van der Waals surface area (Å²) in [6, 6.07) is 20.1. The summed E-state index contributed by atoms with van der Waals surface area (Å²) in [5, 5.41) is 6.42. The van der Waals surface area contributed by atoms with Crippen molar-refractivity contribution in [3.8, 4) is 11.1 Å². The van der Waals surface area contributed by atoms with Crippen LogP contribution in [0.4, 0.5) is 21.7 Å². The number of aromatic nitrogens is 2. The molecule has 7 heteroatoms. The van der Waals surface area contributed by atoms with Crippen molar-refractivity contribution < 1.29 is 9.18 Å². The van der Waals surface area contributed by atoms with Gasteiger partial charge in [0.15, 0.2) is 0 Å². The van der Waals surface area contributed by atoms with Crippen LogP contribution in [0.25, 0.3) is 11.1 Å². The maximum atomic E-state index is 13.4. The zero-order valence-electron chi connectivity index (χ0n) is 15.6. The molecule has 0 aliphatic rings. The molecule has 2 N–H and O–H groups in total. The van der Waals surface area contributed by atoms with Crippen molar-refractivity contribution in [2.24, 2.45) is 0 Å². The zero-order valence-corrected chi connectivity index (χ0v) is 16.4. The Kier molecular flexibility index (Phi) is 5.68. The van der Waals surface area contributed by atoms with E-state index in [9.17, 15) is 9.18 Å². The molecule has 4 rings (SSSR count). The van der Waals surface area contributed by atoms with Gasteiger partial charge in [0, 0.05) is 39.9 Å². The summed E-state index contributed by atoms with van der Waals surface area (Å²) < 4.78 is 13.4. The Labute approximate surface area is 177 Å². The average molecular weight is 419 g/mol. The molecule has 0 spiro atoms. The van der Waals surface area contributed by atoms with Crippen molar-refractivity contribution in [3.63, 3.8) is 0 Å². The van der Waals surface area contributed by atoms with E-state index in [0.29, 0.717) is 39.0 Å². The van der Waals surface area contributed by atoms with E-state index in [1.165, 1.54) is 12.1 Å². The fourth-order valence-electron chi connectivity index (χ4n) is 2.85. The standard InChI is InChI=1S/C23H16ClFN4O/c24-18-6-3-9-21(12-18)28-22(30)16-5-2-8-20(11-16)29-23-26-13-17(14-27-23)15-4-1-7-19(25)10-15/h1-14H,(H,28,30)(H,26,27,29). The summed E-state index contributed by atoms with van der Waals surface area (Å²) >= 11 is 5.95. The Hall–Kier alpha value is -3.77. The molecule has 0 saturated carbocycles. The Morgan fingerprint density at radius 3 is 2.33 bits per heavy atom. The molecule has 1 amide bonds. The highest BCUT2D eigenvalue weighted by Crippen LogP contribution is 2.21. The van der Waals surface area contributed by atoms with Gasteiger partial charge in [0.05, 0.1) is 0 Å². The molecule has 4 aromatic rings. The SMILES string of the molecule is O=C(Nc1cccc(Cl)c1)c1cccc(Nc2ncc(-c3cccc(F)c3)cn2)c1. The molecule has 30 heavy (non-hydrogen) atoms. The Morgan fingerprint density at radius 2 is 1.57 bits per heavy atom. The summed E-state index contributed by atoms with van der Waals surface area (Å²) in [7, 11) is 0. The number of carbonyl (C=O) groups is 1. The lowest BCUT2D eigenvalue weighted by atomic mass is 10.1. The number of halogens is 2. The van der Waals surface area contributed by atoms with E-state index < -0.39 is 0 Å². The molecule has 1 aromatic heterocycles. The second kappa shape index (κ2) is 8.71. The Morgan fingerprint density at radius 1 is 0.833 bits per heavy atom. The molecule has 0 unspecified atom stereocenters. The third-order valence-electron chi connectivity index (χ3n) is 4.27. The number of nitrogens with zero attached hydrogens (tertiary/aromatic N) is 2. The third-order valence-corrected chi connectivity index (χ3v) is 4.51. The third kappa shape index (κ3) is 4.79. The fraction of sp³-hybridized carbons (Fsp3) is 0. The zero-order chi connectivity index (χ0) is 20.9. The van der Waals surface area contributed by atoms with Crippen LogP contribution in [0.3, 0.4) is 0 Å². The smallest absolute Gasteiger partial charge is 0.255 e. The van der Waals surface area contributed by atoms with E-state index in [4.69, 9.17) is 11.6 Å². The van der Waals surface area contributed by atoms with Gasteiger partial charge in [0.1, 0.15) is 5.82 Å². The maximum Gasteiger partial charge on any atom is 0.255 e. The number of amides is 1. The van der Waals surface area contributed by atoms with Crippen molar-refractivity contribution >= 4 is 34.8 Å². The monoisotopic (exact) mass is 418 g/mol. The predicted octanol–water partition coefficient (Wildman–Crippen LogP) is 5.93. The minimum atomic E-state index is -0.317. The molecule has 3 aromatic carbocycles. The molecule has 1 heterocycles. The molecular formula is C23H16ClFN4O. The molecule has 0 bridgehead atoms. The first-order chi connectivity index (χ1) is 14.6. The second-order valence-corrected chi connectivity index (χ2v) is 6.91. The molecule has 0 fully saturated rings. The van der Waals surface area contributed by atoms with Crippen LogP contribution in [0, 0.1) is 5.82 Å². The minimum Gasteiger partial charge on any atom is -0.324 e. The molecule has 5 nitrogen and oxygen atoms in total. The van der Waals surface area contributed by atoms with Gasteiger partial charge in [-0.05, 0) is 54.1 Å². The Bertz CT molecular complexity index is 1200. The van der Waals surface area contributed by atoms with Crippen molar-refractivity contribution in [3.05, 3.63) is 102 Å². The lowest BCUT2D eigenvalue weighted by Gasteiger charge is -2.09. The number of rotatable bonds is 5. The van der Waals surface area contributed by atoms with Crippen LogP contribution in [0.2, 0.25) is 5.02 Å². The Balaban J connectivity index is 1.47. The van der Waals surface area contributed by atoms with E-state index in [2.05, 4.69) is 20.6 Å². The topological polar surface area (TPSA) is 66.9 Å². The van der Waals surface area contributed by atoms with Crippen molar-refractivity contribution in [1.29, 1.82) is 0 Å². The quantitative estimate of drug-likeness (QED) is 0.421. The highest BCUT2D eigenvalue weighted by molar-refractivity contribution is 6.31. The van der Waals surface area contributed by atoms with Gasteiger partial charge in [-0.15, -0.1) is 0 Å². The fourth-order valence-corrected chi connectivity index (χ4v) is 3.04. The largest absolute Gasteiger partial charge is 0.324 e. The van der Waals surface area contributed by atoms with Gasteiger partial charge < -0.3 is 10.6 Å². The van der Waals surface area contributed by atoms with E-state index in [1.54, 1.807) is 73.1 Å². The van der Waals surface area contributed by atoms with Crippen LogP contribution in [0.15, 0.2) is 85.2 Å². The number of carbonyl (C=O) groups excluding carboxylic acids is 1. The summed E-state index contributed by atoms with van der Waals surface area (Å²) in [5.41, 5.74) is 3.14. The average Bonchev–Trinajstić information content (AvgIpc) is 2.74. The first-order valence-corrected chi connectivity index (χ1v) is 9.47. The van der Waals surface area contributed by atoms with Gasteiger partial charge in [-0.3, -0.25) is 4.79 Å². The molecule has 0 aliphatic heterocycles. The first-order valence-electron chi connectivity index (χ1n) is 9.09. The first kappa shape index (κ1) is 19.5. The van der Waals surface area contributed by atoms with Crippen molar-refractivity contribution in [1.82, 2.24) is 9.97 Å². The van der Waals surface area contributed by atoms with E-state index in [0.717, 1.165) is 0 Å². The van der Waals surface area contributed by atoms with Gasteiger partial charge in [-0.25, -0.2) is 14.4 Å². The number of nitrogens with one attached hydrogen (secondary N) is 2. The lowest BCUT2D eigenvalue weighted by Crippen LogP contribution is -2.12. The maximum absolute atomic E-state index is 13.4. The van der Waals surface area contributed by atoms with E-state index >= 15 is 0 Å². The normalized spacial score (nSPS) is 10.5. The number of benzene rings is 3. The summed E-state index contributed by atoms with van der Waals surface area (Å²) in [5.74, 6) is -0.214. The molecule has 0 saturated heterocycles. The van der Waals surface area contributed by atoms with Crippen LogP contribution in [0.1, 0.15) is 10.4 Å². The van der Waals surface area contributed by atoms with Crippen LogP contribution in [-0.2, 0) is 0 Å². The van der Waals surface area contributed by atoms with Crippen molar-refractivity contribution in [2.75, 3.05) is 10.6 Å². The number of hydrogen-bond donors (Lipinski definition) is 2. The van der Waals surface area contributed by atoms with Crippen LogP contribution >= 0.6 is 11.6 Å². The molecular weight excluding hydrogens is 403 g/mol. The van der Waals surface area contributed by atoms with Crippen LogP contribution in [0.5, 0.6) is 0 Å². The molecule has 0 aliphatic carbocycles. The predicted molar refractivity (Wildman–Crippen MR) is 117 cm³/mol. The molecule has 0 atom stereocenters. The summed E-state index contributed by atoms with van der Waals surface area (Å²) in [6.45, 7) is 0. The number of anilines is 3. The van der Waals surface area contributed by atoms with E-state index in [1.807, 2.05) is 0 Å². The van der Waals surface area contributed by atoms with Gasteiger partial charge in [0.2, 0.25) is 5.95 Å². The number of hydrogen-bond acceptors (Lipinski definition) is 4. The highest BCUT2D eigenvalue weighted by Gasteiger charge is 2.08. The highest BCUT2D eigenvalue weighted by atomic mass is 35.5. The van der Waals surface area contributed by atoms with Gasteiger partial charge in [-0.2, -0.15) is 0 Å². The second-order valence-electron chi connectivity index (χ2n) is 6.48. The van der Waals surface area contributed by atoms with Gasteiger partial charge >= 0.3 is 0 Å². The van der Waals surface area contributed by atoms with Gasteiger partial charge in [-0.1, -0.05) is 35.9 Å². The molecule has 0 radical (unpaired) electrons. The summed E-state index contributed by atoms with van der Waals surface area (Å²) in [4.78, 5) is 21.1. The lowest BCUT2D eigenvalue weighted by molar-refractivity contribution is 0.102. The minimum absolute atomic E-state index is 0.261. The van der Waals surface area contributed by atoms with E-state index in [-0.39, 0.29) is 11.7 Å². The summed E-state index contributed by atoms with van der Waals surface area (Å²) in [6.07, 6.45) is 3.22. The van der Waals surface area contributed by atoms with Crippen LogP contribution in [-0.4, -0.2) is 15.9 Å².